The molecule has 6 heteroatoms. The van der Waals surface area contributed by atoms with Gasteiger partial charge >= 0.3 is 7.60 Å². The van der Waals surface area contributed by atoms with Gasteiger partial charge in [-0.15, -0.1) is 0 Å². The molecular formula is C21H27N2O3P. The van der Waals surface area contributed by atoms with Gasteiger partial charge in [0.2, 0.25) is 0 Å². The fraction of sp³-hybridized carbons (Fsp3) is 0.333. The van der Waals surface area contributed by atoms with Crippen molar-refractivity contribution in [3.63, 3.8) is 0 Å². The Morgan fingerprint density at radius 1 is 0.889 bits per heavy atom. The van der Waals surface area contributed by atoms with Crippen LogP contribution in [0.5, 0.6) is 0 Å². The van der Waals surface area contributed by atoms with Gasteiger partial charge in [-0.3, -0.25) is 4.57 Å². The number of rotatable bonds is 8. The molecule has 3 rings (SSSR count). The van der Waals surface area contributed by atoms with E-state index in [1.165, 1.54) is 0 Å². The van der Waals surface area contributed by atoms with Crippen LogP contribution in [0.15, 0.2) is 60.8 Å². The summed E-state index contributed by atoms with van der Waals surface area (Å²) >= 11 is 0. The Morgan fingerprint density at radius 2 is 1.48 bits per heavy atom. The lowest BCUT2D eigenvalue weighted by Crippen LogP contribution is -2.19. The van der Waals surface area contributed by atoms with Crippen LogP contribution in [0, 0.1) is 0 Å². The first-order valence-electron chi connectivity index (χ1n) is 9.23. The smallest absolute Gasteiger partial charge is 0.357 e. The average Bonchev–Trinajstić information content (AvgIpc) is 3.03. The zero-order valence-electron chi connectivity index (χ0n) is 16.2. The van der Waals surface area contributed by atoms with E-state index in [9.17, 15) is 4.57 Å². The maximum absolute atomic E-state index is 14.0. The molecule has 0 unspecified atom stereocenters. The first-order valence-corrected chi connectivity index (χ1v) is 10.8. The van der Waals surface area contributed by atoms with Gasteiger partial charge in [-0.25, -0.2) is 0 Å². The summed E-state index contributed by atoms with van der Waals surface area (Å²) in [5, 5.41) is 4.38. The molecule has 0 fully saturated rings. The van der Waals surface area contributed by atoms with Gasteiger partial charge in [0.25, 0.3) is 0 Å². The van der Waals surface area contributed by atoms with Gasteiger partial charge in [0.1, 0.15) is 0 Å². The number of hydrogen-bond donors (Lipinski definition) is 2. The second-order valence-corrected chi connectivity index (χ2v) is 9.07. The largest absolute Gasteiger partial charge is 0.368 e. The van der Waals surface area contributed by atoms with Gasteiger partial charge in [-0.1, -0.05) is 36.4 Å². The molecule has 0 bridgehead atoms. The molecule has 0 spiro atoms. The van der Waals surface area contributed by atoms with E-state index >= 15 is 0 Å². The summed E-state index contributed by atoms with van der Waals surface area (Å²) < 4.78 is 25.8. The van der Waals surface area contributed by atoms with Crippen LogP contribution in [-0.2, 0) is 13.6 Å². The summed E-state index contributed by atoms with van der Waals surface area (Å²) in [5.41, 5.74) is 2.69. The fourth-order valence-electron chi connectivity index (χ4n) is 3.07. The van der Waals surface area contributed by atoms with Crippen molar-refractivity contribution in [3.05, 3.63) is 66.4 Å². The zero-order valence-corrected chi connectivity index (χ0v) is 17.1. The zero-order chi connectivity index (χ0) is 19.4. The maximum Gasteiger partial charge on any atom is 0.357 e. The molecule has 3 aromatic rings. The fourth-order valence-corrected chi connectivity index (χ4v) is 5.40. The van der Waals surface area contributed by atoms with Crippen molar-refractivity contribution in [2.45, 2.75) is 45.7 Å². The molecule has 0 saturated carbocycles. The molecule has 1 heterocycles. The highest BCUT2D eigenvalue weighted by molar-refractivity contribution is 7.54. The third-order valence-corrected chi connectivity index (χ3v) is 6.50. The number of para-hydroxylation sites is 2. The van der Waals surface area contributed by atoms with Crippen LogP contribution >= 0.6 is 7.60 Å². The minimum absolute atomic E-state index is 0.236. The van der Waals surface area contributed by atoms with E-state index in [1.54, 1.807) is 0 Å². The second kappa shape index (κ2) is 8.30. The van der Waals surface area contributed by atoms with Crippen molar-refractivity contribution in [2.24, 2.45) is 0 Å². The molecule has 0 aliphatic carbocycles. The Bertz CT molecular complexity index is 907. The standard InChI is InChI=1S/C21H27N2O3P/c1-15(2)25-27(24,26-16(3)4)21(23-17-10-6-5-7-11-17)19-14-22-20-13-9-8-12-18(19)20/h5-16,21-23H,1-4H3/t21-/m1/s1. The highest BCUT2D eigenvalue weighted by atomic mass is 31.2. The number of nitrogens with one attached hydrogen (secondary N) is 2. The van der Waals surface area contributed by atoms with E-state index in [0.29, 0.717) is 0 Å². The Morgan fingerprint density at radius 3 is 2.11 bits per heavy atom. The molecule has 0 saturated heterocycles. The highest BCUT2D eigenvalue weighted by Crippen LogP contribution is 2.63. The summed E-state index contributed by atoms with van der Waals surface area (Å²) in [6.07, 6.45) is 1.41. The molecule has 5 nitrogen and oxygen atoms in total. The molecule has 2 aromatic carbocycles. The van der Waals surface area contributed by atoms with Gasteiger partial charge in [0, 0.05) is 28.4 Å². The summed E-state index contributed by atoms with van der Waals surface area (Å²) in [5.74, 6) is -0.638. The Labute approximate surface area is 160 Å². The highest BCUT2D eigenvalue weighted by Gasteiger charge is 2.40. The lowest BCUT2D eigenvalue weighted by molar-refractivity contribution is 0.138. The van der Waals surface area contributed by atoms with Crippen LogP contribution in [0.4, 0.5) is 5.69 Å². The second-order valence-electron chi connectivity index (χ2n) is 7.05. The summed E-state index contributed by atoms with van der Waals surface area (Å²) in [4.78, 5) is 3.26. The van der Waals surface area contributed by atoms with Crippen molar-refractivity contribution in [1.82, 2.24) is 4.98 Å². The third-order valence-electron chi connectivity index (χ3n) is 4.02. The van der Waals surface area contributed by atoms with Crippen molar-refractivity contribution in [2.75, 3.05) is 5.32 Å². The molecule has 1 aromatic heterocycles. The van der Waals surface area contributed by atoms with Gasteiger partial charge in [-0.05, 0) is 45.9 Å². The van der Waals surface area contributed by atoms with Crippen LogP contribution < -0.4 is 5.32 Å². The van der Waals surface area contributed by atoms with Crippen molar-refractivity contribution in [3.8, 4) is 0 Å². The predicted molar refractivity (Wildman–Crippen MR) is 111 cm³/mol. The molecule has 0 aliphatic heterocycles. The normalized spacial score (nSPS) is 13.4. The lowest BCUT2D eigenvalue weighted by Gasteiger charge is -2.31. The quantitative estimate of drug-likeness (QED) is 0.445. The van der Waals surface area contributed by atoms with E-state index in [0.717, 1.165) is 22.2 Å². The average molecular weight is 386 g/mol. The van der Waals surface area contributed by atoms with Gasteiger partial charge < -0.3 is 19.3 Å². The number of benzene rings is 2. The summed E-state index contributed by atoms with van der Waals surface area (Å²) in [6.45, 7) is 7.46. The molecule has 0 radical (unpaired) electrons. The Balaban J connectivity index is 2.12. The summed E-state index contributed by atoms with van der Waals surface area (Å²) in [7, 11) is -3.53. The van der Waals surface area contributed by atoms with Gasteiger partial charge in [0.15, 0.2) is 5.78 Å². The lowest BCUT2D eigenvalue weighted by atomic mass is 10.1. The van der Waals surface area contributed by atoms with Crippen LogP contribution in [0.3, 0.4) is 0 Å². The molecule has 0 aliphatic rings. The number of fused-ring (bicyclic) bond motifs is 1. The van der Waals surface area contributed by atoms with Crippen molar-refractivity contribution in [1.29, 1.82) is 0 Å². The van der Waals surface area contributed by atoms with E-state index in [-0.39, 0.29) is 12.2 Å². The maximum atomic E-state index is 14.0. The number of aromatic nitrogens is 1. The van der Waals surface area contributed by atoms with E-state index < -0.39 is 13.4 Å². The monoisotopic (exact) mass is 386 g/mol. The molecule has 0 amide bonds. The Hall–Kier alpha value is -2.07. The number of anilines is 1. The first kappa shape index (κ1) is 19.7. The molecule has 2 N–H and O–H groups in total. The topological polar surface area (TPSA) is 63.4 Å². The molecular weight excluding hydrogens is 359 g/mol. The number of hydrogen-bond acceptors (Lipinski definition) is 4. The first-order chi connectivity index (χ1) is 12.9. The van der Waals surface area contributed by atoms with Crippen LogP contribution in [0.1, 0.15) is 39.0 Å². The SMILES string of the molecule is CC(C)OP(=O)(OC(C)C)[C@@H](Nc1ccccc1)c1c[nH]c2ccccc12. The predicted octanol–water partition coefficient (Wildman–Crippen LogP) is 6.32. The van der Waals surface area contributed by atoms with Crippen LogP contribution in [0.2, 0.25) is 0 Å². The third kappa shape index (κ3) is 4.62. The van der Waals surface area contributed by atoms with Crippen molar-refractivity contribution < 1.29 is 13.6 Å². The summed E-state index contributed by atoms with van der Waals surface area (Å²) in [6, 6.07) is 17.6. The molecule has 1 atom stereocenters. The van der Waals surface area contributed by atoms with E-state index in [2.05, 4.69) is 10.3 Å². The van der Waals surface area contributed by atoms with E-state index in [4.69, 9.17) is 9.05 Å². The van der Waals surface area contributed by atoms with Crippen molar-refractivity contribution >= 4 is 24.2 Å². The number of aromatic amines is 1. The molecule has 27 heavy (non-hydrogen) atoms. The Kier molecular flexibility index (Phi) is 6.05. The van der Waals surface area contributed by atoms with Crippen LogP contribution in [0.25, 0.3) is 10.9 Å². The molecule has 144 valence electrons. The number of H-pyrrole nitrogens is 1. The minimum Gasteiger partial charge on any atom is -0.368 e. The van der Waals surface area contributed by atoms with Gasteiger partial charge in [-0.2, -0.15) is 0 Å². The van der Waals surface area contributed by atoms with E-state index in [1.807, 2.05) is 88.5 Å². The van der Waals surface area contributed by atoms with Crippen LogP contribution in [-0.4, -0.2) is 17.2 Å². The minimum atomic E-state index is -3.53. The van der Waals surface area contributed by atoms with Gasteiger partial charge in [0.05, 0.1) is 12.2 Å².